The van der Waals surface area contributed by atoms with Crippen LogP contribution in [0.25, 0.3) is 11.1 Å². The molecular formula is C12H9F3O. The molecule has 1 unspecified atom stereocenters. The van der Waals surface area contributed by atoms with Crippen LogP contribution in [0.5, 0.6) is 0 Å². The van der Waals surface area contributed by atoms with Gasteiger partial charge in [0.25, 0.3) is 0 Å². The fourth-order valence-electron chi connectivity index (χ4n) is 1.65. The number of hydrogen-bond donors (Lipinski definition) is 1. The molecule has 16 heavy (non-hydrogen) atoms. The number of fused-ring (bicyclic) bond motifs is 1. The first-order valence-corrected chi connectivity index (χ1v) is 4.72. The normalized spacial score (nSPS) is 14.0. The number of halogens is 3. The van der Waals surface area contributed by atoms with Crippen LogP contribution >= 0.6 is 0 Å². The van der Waals surface area contributed by atoms with Gasteiger partial charge in [0.1, 0.15) is 0 Å². The van der Waals surface area contributed by atoms with E-state index in [4.69, 9.17) is 0 Å². The molecule has 0 fully saturated rings. The molecule has 0 aromatic rings. The van der Waals surface area contributed by atoms with Gasteiger partial charge in [-0.1, -0.05) is 42.5 Å². The summed E-state index contributed by atoms with van der Waals surface area (Å²) in [6.45, 7) is 0. The van der Waals surface area contributed by atoms with E-state index in [1.807, 2.05) is 0 Å². The minimum absolute atomic E-state index is 0.0984. The smallest absolute Gasteiger partial charge is 0.379 e. The predicted molar refractivity (Wildman–Crippen MR) is 54.1 cm³/mol. The van der Waals surface area contributed by atoms with Gasteiger partial charge in [0.2, 0.25) is 0 Å². The van der Waals surface area contributed by atoms with Crippen LogP contribution in [-0.4, -0.2) is 11.3 Å². The first kappa shape index (κ1) is 11.0. The Morgan fingerprint density at radius 3 is 2.31 bits per heavy atom. The number of alkyl halides is 3. The third-order valence-electron chi connectivity index (χ3n) is 2.43. The second-order valence-corrected chi connectivity index (χ2v) is 3.51. The summed E-state index contributed by atoms with van der Waals surface area (Å²) in [6.07, 6.45) is -7.05. The lowest BCUT2D eigenvalue weighted by atomic mass is 10.1. The Morgan fingerprint density at radius 2 is 1.62 bits per heavy atom. The van der Waals surface area contributed by atoms with Crippen molar-refractivity contribution >= 4 is 0 Å². The highest BCUT2D eigenvalue weighted by molar-refractivity contribution is 5.70. The van der Waals surface area contributed by atoms with Crippen molar-refractivity contribution in [2.75, 3.05) is 0 Å². The molecule has 1 nitrogen and oxygen atoms in total. The highest BCUT2D eigenvalue weighted by Gasteiger charge is 2.40. The minimum atomic E-state index is -4.63. The molecule has 0 amide bonds. The molecule has 2 aliphatic rings. The Kier molecular flexibility index (Phi) is 2.59. The summed E-state index contributed by atoms with van der Waals surface area (Å²) in [5.41, 5.74) is 1.01. The monoisotopic (exact) mass is 226 g/mol. The van der Waals surface area contributed by atoms with Crippen LogP contribution in [0.4, 0.5) is 13.2 Å². The Labute approximate surface area is 90.5 Å². The molecule has 0 heterocycles. The van der Waals surface area contributed by atoms with Crippen molar-refractivity contribution in [1.82, 2.24) is 0 Å². The molecule has 1 N–H and O–H groups in total. The van der Waals surface area contributed by atoms with E-state index >= 15 is 0 Å². The van der Waals surface area contributed by atoms with Gasteiger partial charge in [0.15, 0.2) is 6.10 Å². The van der Waals surface area contributed by atoms with Crippen LogP contribution in [0.3, 0.4) is 0 Å². The van der Waals surface area contributed by atoms with E-state index in [9.17, 15) is 18.3 Å². The zero-order valence-electron chi connectivity index (χ0n) is 8.20. The summed E-state index contributed by atoms with van der Waals surface area (Å²) in [5, 5.41) is 9.20. The van der Waals surface area contributed by atoms with Gasteiger partial charge >= 0.3 is 6.18 Å². The Morgan fingerprint density at radius 1 is 0.938 bits per heavy atom. The molecule has 0 bridgehead atoms. The van der Waals surface area contributed by atoms with E-state index < -0.39 is 12.3 Å². The van der Waals surface area contributed by atoms with Crippen LogP contribution in [0, 0.1) is 0 Å². The minimum Gasteiger partial charge on any atom is -0.379 e. The van der Waals surface area contributed by atoms with E-state index in [-0.39, 0.29) is 5.56 Å². The number of aliphatic hydroxyl groups is 1. The van der Waals surface area contributed by atoms with Crippen molar-refractivity contribution in [3.05, 3.63) is 48.0 Å². The fraction of sp³-hybridized carbons (Fsp3) is 0.167. The maximum atomic E-state index is 12.4. The first-order chi connectivity index (χ1) is 7.50. The summed E-state index contributed by atoms with van der Waals surface area (Å²) in [5.74, 6) is 0. The summed E-state index contributed by atoms with van der Waals surface area (Å²) in [4.78, 5) is 0. The largest absolute Gasteiger partial charge is 0.418 e. The lowest BCUT2D eigenvalue weighted by molar-refractivity contribution is -0.206. The van der Waals surface area contributed by atoms with Gasteiger partial charge in [0.05, 0.1) is 0 Å². The Hall–Kier alpha value is -1.55. The van der Waals surface area contributed by atoms with Crippen molar-refractivity contribution in [1.29, 1.82) is 0 Å². The summed E-state index contributed by atoms with van der Waals surface area (Å²) >= 11 is 0. The molecule has 0 saturated heterocycles. The van der Waals surface area contributed by atoms with Crippen LogP contribution in [-0.2, 0) is 0 Å². The zero-order chi connectivity index (χ0) is 11.8. The zero-order valence-corrected chi connectivity index (χ0v) is 8.20. The molecule has 1 atom stereocenters. The second kappa shape index (κ2) is 3.79. The predicted octanol–water partition coefficient (Wildman–Crippen LogP) is 3.39. The van der Waals surface area contributed by atoms with E-state index in [0.717, 1.165) is 0 Å². The molecule has 84 valence electrons. The van der Waals surface area contributed by atoms with Crippen LogP contribution in [0.2, 0.25) is 0 Å². The van der Waals surface area contributed by atoms with E-state index in [2.05, 4.69) is 0 Å². The molecule has 0 spiro atoms. The molecule has 4 heteroatoms. The van der Waals surface area contributed by atoms with Crippen molar-refractivity contribution < 1.29 is 18.3 Å². The van der Waals surface area contributed by atoms with Crippen LogP contribution < -0.4 is 0 Å². The maximum Gasteiger partial charge on any atom is 0.418 e. The molecule has 2 aliphatic carbocycles. The maximum absolute atomic E-state index is 12.4. The second-order valence-electron chi connectivity index (χ2n) is 3.51. The number of rotatable bonds is 1. The molecule has 2 rings (SSSR count). The Balaban J connectivity index is 2.50. The topological polar surface area (TPSA) is 20.2 Å². The van der Waals surface area contributed by atoms with E-state index in [0.29, 0.717) is 11.1 Å². The average Bonchev–Trinajstić information content (AvgIpc) is 2.44. The molecular weight excluding hydrogens is 217 g/mol. The van der Waals surface area contributed by atoms with Crippen LogP contribution in [0.15, 0.2) is 42.5 Å². The number of aliphatic hydroxyl groups excluding tert-OH is 1. The van der Waals surface area contributed by atoms with Gasteiger partial charge in [-0.05, 0) is 16.7 Å². The molecule has 0 aromatic heterocycles. The van der Waals surface area contributed by atoms with Crippen molar-refractivity contribution in [2.24, 2.45) is 0 Å². The SMILES string of the molecule is OC(c1ccc2cccccc1-2)C(F)(F)F. The van der Waals surface area contributed by atoms with Gasteiger partial charge in [-0.3, -0.25) is 0 Å². The highest BCUT2D eigenvalue weighted by Crippen LogP contribution is 2.39. The van der Waals surface area contributed by atoms with Gasteiger partial charge in [0, 0.05) is 0 Å². The average molecular weight is 226 g/mol. The quantitative estimate of drug-likeness (QED) is 0.790. The van der Waals surface area contributed by atoms with E-state index in [1.54, 1.807) is 36.4 Å². The lowest BCUT2D eigenvalue weighted by Gasteiger charge is -2.14. The van der Waals surface area contributed by atoms with Crippen LogP contribution in [0.1, 0.15) is 11.7 Å². The van der Waals surface area contributed by atoms with Crippen molar-refractivity contribution in [3.8, 4) is 11.1 Å². The summed E-state index contributed by atoms with van der Waals surface area (Å²) in [6, 6.07) is 11.3. The molecule has 0 saturated carbocycles. The molecule has 0 radical (unpaired) electrons. The molecule has 0 aliphatic heterocycles. The summed E-state index contributed by atoms with van der Waals surface area (Å²) < 4.78 is 37.2. The lowest BCUT2D eigenvalue weighted by Crippen LogP contribution is -2.20. The van der Waals surface area contributed by atoms with Crippen molar-refractivity contribution in [2.45, 2.75) is 12.3 Å². The highest BCUT2D eigenvalue weighted by atomic mass is 19.4. The summed E-state index contributed by atoms with van der Waals surface area (Å²) in [7, 11) is 0. The van der Waals surface area contributed by atoms with E-state index in [1.165, 1.54) is 6.07 Å². The third kappa shape index (κ3) is 1.88. The van der Waals surface area contributed by atoms with Gasteiger partial charge in [-0.2, -0.15) is 13.2 Å². The Bertz CT molecular complexity index is 464. The van der Waals surface area contributed by atoms with Gasteiger partial charge in [-0.15, -0.1) is 0 Å². The van der Waals surface area contributed by atoms with Gasteiger partial charge < -0.3 is 5.11 Å². The van der Waals surface area contributed by atoms with Gasteiger partial charge in [-0.25, -0.2) is 0 Å². The standard InChI is InChI=1S/C12H9F3O/c13-12(14,15)11(16)10-7-6-8-4-2-1-3-5-9(8)10/h1-7,11,16H. The fourth-order valence-corrected chi connectivity index (χ4v) is 1.65. The number of hydrogen-bond acceptors (Lipinski definition) is 1. The third-order valence-corrected chi connectivity index (χ3v) is 2.43. The first-order valence-electron chi connectivity index (χ1n) is 4.72. The van der Waals surface area contributed by atoms with Crippen molar-refractivity contribution in [3.63, 3.8) is 0 Å². The molecule has 0 aromatic carbocycles.